The van der Waals surface area contributed by atoms with E-state index in [-0.39, 0.29) is 48.0 Å². The van der Waals surface area contributed by atoms with Crippen molar-refractivity contribution in [3.05, 3.63) is 83.5 Å². The summed E-state index contributed by atoms with van der Waals surface area (Å²) in [6.07, 6.45) is 12.8. The van der Waals surface area contributed by atoms with Gasteiger partial charge in [-0.15, -0.1) is 0 Å². The van der Waals surface area contributed by atoms with Gasteiger partial charge in [0.05, 0.1) is 27.7 Å². The largest absolute Gasteiger partial charge is 1.00 e. The lowest BCUT2D eigenvalue weighted by molar-refractivity contribution is -0.870. The van der Waals surface area contributed by atoms with Gasteiger partial charge in [-0.25, -0.2) is 0 Å². The third-order valence-corrected chi connectivity index (χ3v) is 7.60. The lowest BCUT2D eigenvalue weighted by Crippen LogP contribution is -3.00. The average Bonchev–Trinajstić information content (AvgIpc) is 3.17. The second kappa shape index (κ2) is 11.7. The Morgan fingerprint density at radius 2 is 1.76 bits per heavy atom. The molecular weight excluding hydrogens is 664 g/mol. The number of aryl methyl sites for hydroxylation is 1. The summed E-state index contributed by atoms with van der Waals surface area (Å²) in [5, 5.41) is 1.42. The van der Waals surface area contributed by atoms with E-state index in [9.17, 15) is 0 Å². The lowest BCUT2D eigenvalue weighted by atomic mass is 9.98. The zero-order valence-electron chi connectivity index (χ0n) is 20.2. The predicted molar refractivity (Wildman–Crippen MR) is 138 cm³/mol. The molecule has 0 radical (unpaired) electrons. The maximum atomic E-state index is 2.51. The highest BCUT2D eigenvalue weighted by Gasteiger charge is 2.27. The van der Waals surface area contributed by atoms with Crippen LogP contribution < -0.4 is 57.4 Å². The van der Waals surface area contributed by atoms with Gasteiger partial charge in [0.2, 0.25) is 5.52 Å². The van der Waals surface area contributed by atoms with E-state index >= 15 is 0 Å². The number of nitrogens with zero attached hydrogens (tertiary/aromatic N) is 3. The molecule has 0 spiro atoms. The lowest BCUT2D eigenvalue weighted by Gasteiger charge is -2.29. The van der Waals surface area contributed by atoms with Crippen LogP contribution in [0.2, 0.25) is 0 Å². The van der Waals surface area contributed by atoms with Crippen LogP contribution in [0.5, 0.6) is 0 Å². The Kier molecular flexibility index (Phi) is 9.39. The first kappa shape index (κ1) is 27.4. The summed E-state index contributed by atoms with van der Waals surface area (Å²) in [5.74, 6) is 0. The SMILES string of the molecule is C[N+](C)(C)CCCN1C=CC(=CC=C2CCC[n+]3c2sc2ccccc23)c2ccccc21.[I-].[I-]. The van der Waals surface area contributed by atoms with E-state index in [2.05, 4.69) is 104 Å². The van der Waals surface area contributed by atoms with Crippen molar-refractivity contribution in [3.63, 3.8) is 0 Å². The number of anilines is 1. The molecule has 0 N–H and O–H groups in total. The van der Waals surface area contributed by atoms with Crippen LogP contribution in [0.1, 0.15) is 29.8 Å². The minimum absolute atomic E-state index is 0. The highest BCUT2D eigenvalue weighted by atomic mass is 127. The fourth-order valence-electron chi connectivity index (χ4n) is 4.74. The van der Waals surface area contributed by atoms with Crippen LogP contribution in [0.3, 0.4) is 0 Å². The van der Waals surface area contributed by atoms with Crippen molar-refractivity contribution < 1.29 is 57.0 Å². The van der Waals surface area contributed by atoms with Crippen molar-refractivity contribution in [3.8, 4) is 0 Å². The highest BCUT2D eigenvalue weighted by molar-refractivity contribution is 7.19. The summed E-state index contributed by atoms with van der Waals surface area (Å²) < 4.78 is 4.90. The van der Waals surface area contributed by atoms with Gasteiger partial charge in [-0.1, -0.05) is 53.8 Å². The van der Waals surface area contributed by atoms with Crippen molar-refractivity contribution in [2.24, 2.45) is 0 Å². The third kappa shape index (κ3) is 5.94. The average molecular weight is 697 g/mol. The number of hydrogen-bond acceptors (Lipinski definition) is 2. The number of aromatic nitrogens is 1. The van der Waals surface area contributed by atoms with Gasteiger partial charge in [-0.2, -0.15) is 4.57 Å². The number of allylic oxidation sites excluding steroid dienone is 5. The molecule has 0 atom stereocenters. The first-order valence-electron chi connectivity index (χ1n) is 11.7. The maximum absolute atomic E-state index is 2.51. The maximum Gasteiger partial charge on any atom is 0.265 e. The van der Waals surface area contributed by atoms with Gasteiger partial charge >= 0.3 is 0 Å². The molecule has 0 amide bonds. The molecule has 180 valence electrons. The standard InChI is InChI=1S/C28H33N3S.2HI/c1-31(2,3)21-9-18-29-20-17-22(24-11-4-5-12-25(24)29)15-16-23-10-8-19-30-26-13-6-7-14-27(26)32-28(23)30;;/h4-7,11-17,20H,8-10,18-19,21H2,1-3H3;2*1H/q+2;;/p-2. The number of fused-ring (bicyclic) bond motifs is 4. The molecule has 1 aromatic heterocycles. The summed E-state index contributed by atoms with van der Waals surface area (Å²) in [6, 6.07) is 17.6. The first-order chi connectivity index (χ1) is 15.5. The molecule has 3 heterocycles. The molecule has 2 aliphatic rings. The second-order valence-corrected chi connectivity index (χ2v) is 10.9. The van der Waals surface area contributed by atoms with E-state index in [0.29, 0.717) is 0 Å². The number of halogens is 2. The number of hydrogen-bond donors (Lipinski definition) is 0. The minimum Gasteiger partial charge on any atom is -1.00 e. The van der Waals surface area contributed by atoms with Gasteiger partial charge in [-0.3, -0.25) is 0 Å². The Morgan fingerprint density at radius 1 is 1.00 bits per heavy atom. The second-order valence-electron chi connectivity index (χ2n) is 9.84. The van der Waals surface area contributed by atoms with E-state index in [0.717, 1.165) is 24.0 Å². The summed E-state index contributed by atoms with van der Waals surface area (Å²) in [4.78, 5) is 2.41. The molecule has 6 heteroatoms. The molecule has 34 heavy (non-hydrogen) atoms. The van der Waals surface area contributed by atoms with Crippen molar-refractivity contribution >= 4 is 38.4 Å². The van der Waals surface area contributed by atoms with Crippen LogP contribution >= 0.6 is 11.3 Å². The van der Waals surface area contributed by atoms with Crippen LogP contribution in [0.25, 0.3) is 21.4 Å². The molecule has 0 unspecified atom stereocenters. The predicted octanol–water partition coefficient (Wildman–Crippen LogP) is -0.112. The first-order valence-corrected chi connectivity index (χ1v) is 12.5. The van der Waals surface area contributed by atoms with Crippen molar-refractivity contribution in [1.82, 2.24) is 0 Å². The molecule has 0 saturated carbocycles. The van der Waals surface area contributed by atoms with Gasteiger partial charge < -0.3 is 57.3 Å². The quantitative estimate of drug-likeness (QED) is 0.205. The van der Waals surface area contributed by atoms with Crippen molar-refractivity contribution in [2.45, 2.75) is 25.8 Å². The zero-order chi connectivity index (χ0) is 22.1. The molecule has 3 nitrogen and oxygen atoms in total. The molecule has 0 aliphatic carbocycles. The van der Waals surface area contributed by atoms with Crippen LogP contribution in [-0.4, -0.2) is 38.7 Å². The molecule has 2 aliphatic heterocycles. The Labute approximate surface area is 242 Å². The van der Waals surface area contributed by atoms with Crippen LogP contribution in [0.15, 0.2) is 73.0 Å². The van der Waals surface area contributed by atoms with Crippen LogP contribution in [-0.2, 0) is 6.54 Å². The molecule has 5 rings (SSSR count). The van der Waals surface area contributed by atoms with Gasteiger partial charge in [0.25, 0.3) is 5.01 Å². The number of rotatable bonds is 5. The minimum atomic E-state index is 0. The number of benzene rings is 2. The van der Waals surface area contributed by atoms with Crippen LogP contribution in [0.4, 0.5) is 5.69 Å². The highest BCUT2D eigenvalue weighted by Crippen LogP contribution is 2.35. The molecule has 2 aromatic carbocycles. The normalized spacial score (nSPS) is 17.3. The Bertz CT molecular complexity index is 1230. The van der Waals surface area contributed by atoms with Gasteiger partial charge in [0.1, 0.15) is 4.70 Å². The summed E-state index contributed by atoms with van der Waals surface area (Å²) in [7, 11) is 6.79. The fraction of sp³-hybridized carbons (Fsp3) is 0.321. The fourth-order valence-corrected chi connectivity index (χ4v) is 5.98. The van der Waals surface area contributed by atoms with Crippen molar-refractivity contribution in [2.75, 3.05) is 39.1 Å². The third-order valence-electron chi connectivity index (χ3n) is 6.36. The summed E-state index contributed by atoms with van der Waals surface area (Å²) in [6.45, 7) is 3.36. The van der Waals surface area contributed by atoms with Gasteiger partial charge in [-0.05, 0) is 30.2 Å². The number of para-hydroxylation sites is 2. The monoisotopic (exact) mass is 697 g/mol. The smallest absolute Gasteiger partial charge is 0.265 e. The topological polar surface area (TPSA) is 7.12 Å². The number of thiazole rings is 1. The molecule has 0 bridgehead atoms. The van der Waals surface area contributed by atoms with E-state index in [1.54, 1.807) is 0 Å². The number of quaternary nitrogens is 1. The Morgan fingerprint density at radius 3 is 2.59 bits per heavy atom. The Balaban J connectivity index is 0.00000162. The zero-order valence-corrected chi connectivity index (χ0v) is 25.3. The molecular formula is C28H33I2N3S. The van der Waals surface area contributed by atoms with E-state index < -0.39 is 0 Å². The summed E-state index contributed by atoms with van der Waals surface area (Å²) in [5.41, 5.74) is 6.78. The van der Waals surface area contributed by atoms with Crippen LogP contribution in [0, 0.1) is 0 Å². The molecule has 3 aromatic rings. The summed E-state index contributed by atoms with van der Waals surface area (Å²) >= 11 is 1.93. The van der Waals surface area contributed by atoms with E-state index in [4.69, 9.17) is 0 Å². The Hall–Kier alpha value is -1.23. The van der Waals surface area contributed by atoms with Gasteiger partial charge in [0, 0.05) is 48.5 Å². The van der Waals surface area contributed by atoms with Crippen molar-refractivity contribution in [1.29, 1.82) is 0 Å². The molecule has 0 saturated heterocycles. The van der Waals surface area contributed by atoms with E-state index in [1.165, 1.54) is 57.0 Å². The van der Waals surface area contributed by atoms with E-state index in [1.807, 2.05) is 11.3 Å². The van der Waals surface area contributed by atoms with Gasteiger partial charge in [0.15, 0.2) is 6.54 Å². The molecule has 0 fully saturated rings.